The molecule has 0 unspecified atom stereocenters. The van der Waals surface area contributed by atoms with Crippen molar-refractivity contribution in [2.24, 2.45) is 0 Å². The van der Waals surface area contributed by atoms with Crippen LogP contribution in [0, 0.1) is 13.8 Å². The van der Waals surface area contributed by atoms with E-state index in [0.717, 1.165) is 35.8 Å². The Bertz CT molecular complexity index is 1530. The van der Waals surface area contributed by atoms with Crippen LogP contribution in [-0.2, 0) is 26.3 Å². The number of hydrogen-bond acceptors (Lipinski definition) is 6. The maximum absolute atomic E-state index is 14.3. The number of aromatic nitrogens is 1. The predicted molar refractivity (Wildman–Crippen MR) is 155 cm³/mol. The van der Waals surface area contributed by atoms with Gasteiger partial charge in [-0.3, -0.25) is 19.4 Å². The van der Waals surface area contributed by atoms with Crippen LogP contribution in [0.15, 0.2) is 66.9 Å². The molecule has 2 amide bonds. The van der Waals surface area contributed by atoms with Crippen molar-refractivity contribution in [3.05, 3.63) is 100 Å². The predicted octanol–water partition coefficient (Wildman–Crippen LogP) is 4.09. The molecule has 0 bridgehead atoms. The highest BCUT2D eigenvalue weighted by Crippen LogP contribution is 2.46. The van der Waals surface area contributed by atoms with E-state index in [9.17, 15) is 18.0 Å². The fourth-order valence-electron chi connectivity index (χ4n) is 6.27. The number of benzene rings is 2. The van der Waals surface area contributed by atoms with Crippen LogP contribution in [0.4, 0.5) is 0 Å². The Hall–Kier alpha value is -3.60. The minimum Gasteiger partial charge on any atom is -0.326 e. The molecule has 1 fully saturated rings. The molecule has 2 aliphatic rings. The lowest BCUT2D eigenvalue weighted by atomic mass is 9.75. The number of amides is 2. The number of fused-ring (bicyclic) bond motifs is 1. The molecule has 1 aliphatic heterocycles. The largest absolute Gasteiger partial charge is 0.326 e. The molecule has 2 aromatic carbocycles. The zero-order valence-electron chi connectivity index (χ0n) is 23.5. The Kier molecular flexibility index (Phi) is 8.53. The summed E-state index contributed by atoms with van der Waals surface area (Å²) in [6.45, 7) is 4.06. The maximum Gasteiger partial charge on any atom is 0.255 e. The van der Waals surface area contributed by atoms with E-state index in [1.807, 2.05) is 50.2 Å². The Morgan fingerprint density at radius 2 is 1.78 bits per heavy atom. The first-order valence-electron chi connectivity index (χ1n) is 13.9. The molecular weight excluding hydrogens is 540 g/mol. The topological polar surface area (TPSA) is 118 Å². The van der Waals surface area contributed by atoms with Gasteiger partial charge < -0.3 is 4.90 Å². The van der Waals surface area contributed by atoms with Gasteiger partial charge in [0.05, 0.1) is 23.9 Å². The van der Waals surface area contributed by atoms with Crippen LogP contribution in [0.3, 0.4) is 0 Å². The van der Waals surface area contributed by atoms with Gasteiger partial charge in [0.15, 0.2) is 0 Å². The minimum absolute atomic E-state index is 0.0841. The minimum atomic E-state index is -3.53. The highest BCUT2D eigenvalue weighted by atomic mass is 32.2. The summed E-state index contributed by atoms with van der Waals surface area (Å²) in [4.78, 5) is 40.0. The molecule has 5 rings (SSSR count). The molecular formula is C31H36N4O5S. The van der Waals surface area contributed by atoms with Gasteiger partial charge in [0.25, 0.3) is 11.8 Å². The summed E-state index contributed by atoms with van der Waals surface area (Å²) in [6.07, 6.45) is 5.72. The van der Waals surface area contributed by atoms with Gasteiger partial charge in [-0.2, -0.15) is 0 Å². The highest BCUT2D eigenvalue weighted by Gasteiger charge is 2.49. The zero-order valence-corrected chi connectivity index (χ0v) is 24.4. The number of hydroxylamine groups is 1. The summed E-state index contributed by atoms with van der Waals surface area (Å²) < 4.78 is 27.5. The number of nitrogens with zero attached hydrogens (tertiary/aromatic N) is 2. The first-order chi connectivity index (χ1) is 19.6. The van der Waals surface area contributed by atoms with Crippen LogP contribution in [0.5, 0.6) is 0 Å². The lowest BCUT2D eigenvalue weighted by molar-refractivity contribution is -0.138. The summed E-state index contributed by atoms with van der Waals surface area (Å²) in [5.41, 5.74) is 7.19. The SMILES string of the molecule is Cc1ccc([C@H]2[C@H](C(=O)NOCc3ccccn3)c3ccccc3C(=O)N2[C@H]2CCCC[C@H]2NS(C)(=O)=O)c(C)c1. The van der Waals surface area contributed by atoms with E-state index in [1.54, 1.807) is 35.4 Å². The number of carbonyl (C=O) groups is 2. The van der Waals surface area contributed by atoms with Crippen LogP contribution in [0.1, 0.15) is 75.9 Å². The third-order valence-electron chi connectivity index (χ3n) is 7.97. The zero-order chi connectivity index (χ0) is 29.1. The van der Waals surface area contributed by atoms with Crippen LogP contribution in [0.25, 0.3) is 0 Å². The number of carbonyl (C=O) groups excluding carboxylic acids is 2. The number of rotatable bonds is 8. The number of sulfonamides is 1. The number of hydrogen-bond donors (Lipinski definition) is 2. The molecule has 0 saturated heterocycles. The van der Waals surface area contributed by atoms with Crippen molar-refractivity contribution >= 4 is 21.8 Å². The van der Waals surface area contributed by atoms with Crippen LogP contribution in [0.2, 0.25) is 0 Å². The van der Waals surface area contributed by atoms with E-state index >= 15 is 0 Å². The van der Waals surface area contributed by atoms with Gasteiger partial charge in [-0.25, -0.2) is 18.6 Å². The Balaban J connectivity index is 1.60. The third kappa shape index (κ3) is 6.34. The molecule has 1 saturated carbocycles. The number of nitrogens with one attached hydrogen (secondary N) is 2. The summed E-state index contributed by atoms with van der Waals surface area (Å²) in [5, 5.41) is 0. The summed E-state index contributed by atoms with van der Waals surface area (Å²) in [7, 11) is -3.53. The van der Waals surface area contributed by atoms with E-state index in [0.29, 0.717) is 29.7 Å². The molecule has 0 radical (unpaired) electrons. The van der Waals surface area contributed by atoms with Gasteiger partial charge >= 0.3 is 0 Å². The van der Waals surface area contributed by atoms with E-state index in [4.69, 9.17) is 4.84 Å². The van der Waals surface area contributed by atoms with Gasteiger partial charge in [-0.1, -0.05) is 60.9 Å². The standard InChI is InChI=1S/C31H36N4O5S/c1-20-15-16-23(21(2)18-20)29-28(30(36)33-40-19-22-10-8-9-17-32-22)24-11-4-5-12-25(24)31(37)35(29)27-14-7-6-13-26(27)34-41(3,38)39/h4-5,8-12,15-18,26-29,34H,6-7,13-14,19H2,1-3H3,(H,33,36)/t26-,27+,28-,29+/m1/s1. The van der Waals surface area contributed by atoms with Crippen molar-refractivity contribution in [1.29, 1.82) is 0 Å². The fourth-order valence-corrected chi connectivity index (χ4v) is 7.10. The molecule has 4 atom stereocenters. The molecule has 9 nitrogen and oxygen atoms in total. The van der Waals surface area contributed by atoms with Crippen molar-refractivity contribution in [2.75, 3.05) is 6.26 Å². The maximum atomic E-state index is 14.3. The average Bonchev–Trinajstić information content (AvgIpc) is 2.93. The number of aryl methyl sites for hydroxylation is 2. The summed E-state index contributed by atoms with van der Waals surface area (Å²) in [6, 6.07) is 17.0. The van der Waals surface area contributed by atoms with Crippen molar-refractivity contribution < 1.29 is 22.8 Å². The van der Waals surface area contributed by atoms with E-state index < -0.39 is 34.1 Å². The Morgan fingerprint density at radius 1 is 1.02 bits per heavy atom. The lowest BCUT2D eigenvalue weighted by Crippen LogP contribution is -2.59. The lowest BCUT2D eigenvalue weighted by Gasteiger charge is -2.49. The Morgan fingerprint density at radius 3 is 2.51 bits per heavy atom. The quantitative estimate of drug-likeness (QED) is 0.390. The van der Waals surface area contributed by atoms with Gasteiger partial charge in [0, 0.05) is 23.8 Å². The van der Waals surface area contributed by atoms with Crippen molar-refractivity contribution in [1.82, 2.24) is 20.1 Å². The van der Waals surface area contributed by atoms with E-state index in [-0.39, 0.29) is 18.4 Å². The van der Waals surface area contributed by atoms with Crippen LogP contribution >= 0.6 is 0 Å². The molecule has 0 spiro atoms. The molecule has 3 aromatic rings. The molecule has 1 aromatic heterocycles. The van der Waals surface area contributed by atoms with Crippen LogP contribution in [-0.4, -0.2) is 48.5 Å². The monoisotopic (exact) mass is 576 g/mol. The molecule has 10 heteroatoms. The molecule has 216 valence electrons. The van der Waals surface area contributed by atoms with Crippen LogP contribution < -0.4 is 10.2 Å². The van der Waals surface area contributed by atoms with Gasteiger partial charge in [-0.15, -0.1) is 0 Å². The van der Waals surface area contributed by atoms with Gasteiger partial charge in [0.1, 0.15) is 6.61 Å². The Labute approximate surface area is 241 Å². The highest BCUT2D eigenvalue weighted by molar-refractivity contribution is 7.88. The number of pyridine rings is 1. The molecule has 2 N–H and O–H groups in total. The fraction of sp³-hybridized carbons (Fsp3) is 0.387. The second-order valence-electron chi connectivity index (χ2n) is 11.0. The molecule has 1 aliphatic carbocycles. The summed E-state index contributed by atoms with van der Waals surface area (Å²) in [5.74, 6) is -1.40. The van der Waals surface area contributed by atoms with E-state index in [1.165, 1.54) is 0 Å². The smallest absolute Gasteiger partial charge is 0.255 e. The summed E-state index contributed by atoms with van der Waals surface area (Å²) >= 11 is 0. The normalized spacial score (nSPS) is 22.7. The van der Waals surface area contributed by atoms with Crippen molar-refractivity contribution in [2.45, 2.75) is 70.2 Å². The second-order valence-corrected chi connectivity index (χ2v) is 12.8. The van der Waals surface area contributed by atoms with Crippen molar-refractivity contribution in [3.8, 4) is 0 Å². The van der Waals surface area contributed by atoms with Gasteiger partial charge in [-0.05, 0) is 61.6 Å². The van der Waals surface area contributed by atoms with Gasteiger partial charge in [0.2, 0.25) is 10.0 Å². The second kappa shape index (κ2) is 12.1. The van der Waals surface area contributed by atoms with Crippen molar-refractivity contribution in [3.63, 3.8) is 0 Å². The average molecular weight is 577 g/mol. The van der Waals surface area contributed by atoms with E-state index in [2.05, 4.69) is 15.2 Å². The molecule has 41 heavy (non-hydrogen) atoms. The first kappa shape index (κ1) is 28.9. The molecule has 2 heterocycles. The first-order valence-corrected chi connectivity index (χ1v) is 15.8. The third-order valence-corrected chi connectivity index (χ3v) is 8.70.